The molecule has 0 bridgehead atoms. The third-order valence-corrected chi connectivity index (χ3v) is 5.25. The average Bonchev–Trinajstić information content (AvgIpc) is 3.17. The molecule has 148 valence electrons. The smallest absolute Gasteiger partial charge is 0.227 e. The summed E-state index contributed by atoms with van der Waals surface area (Å²) >= 11 is 0. The highest BCUT2D eigenvalue weighted by Crippen LogP contribution is 2.29. The summed E-state index contributed by atoms with van der Waals surface area (Å²) < 4.78 is 17.2. The van der Waals surface area contributed by atoms with Crippen molar-refractivity contribution in [2.45, 2.75) is 0 Å². The van der Waals surface area contributed by atoms with Crippen LogP contribution < -0.4 is 10.5 Å². The van der Waals surface area contributed by atoms with Gasteiger partial charge in [-0.15, -0.1) is 0 Å². The number of hydrogen-bond acceptors (Lipinski definition) is 6. The molecule has 0 aliphatic carbocycles. The first kappa shape index (κ1) is 18.0. The largest absolute Gasteiger partial charge is 0.492 e. The van der Waals surface area contributed by atoms with Crippen LogP contribution in [0.15, 0.2) is 59.0 Å². The van der Waals surface area contributed by atoms with Gasteiger partial charge in [0.05, 0.1) is 13.2 Å². The Morgan fingerprint density at radius 1 is 0.966 bits per heavy atom. The van der Waals surface area contributed by atoms with Gasteiger partial charge in [-0.1, -0.05) is 12.1 Å². The third-order valence-electron chi connectivity index (χ3n) is 5.25. The van der Waals surface area contributed by atoms with Gasteiger partial charge in [-0.25, -0.2) is 4.98 Å². The molecule has 0 amide bonds. The predicted molar refractivity (Wildman–Crippen MR) is 114 cm³/mol. The number of nitrogens with two attached hydrogens (primary N) is 1. The quantitative estimate of drug-likeness (QED) is 0.521. The number of hydrogen-bond donors (Lipinski definition) is 1. The molecule has 2 heterocycles. The summed E-state index contributed by atoms with van der Waals surface area (Å²) in [6.45, 7) is 5.17. The number of morpholine rings is 1. The molecule has 4 aromatic rings. The van der Waals surface area contributed by atoms with Crippen LogP contribution in [0.4, 0.5) is 5.69 Å². The lowest BCUT2D eigenvalue weighted by Gasteiger charge is -2.26. The number of oxazole rings is 1. The Labute approximate surface area is 168 Å². The van der Waals surface area contributed by atoms with Crippen LogP contribution in [0.5, 0.6) is 5.75 Å². The van der Waals surface area contributed by atoms with Gasteiger partial charge in [-0.3, -0.25) is 4.90 Å². The van der Waals surface area contributed by atoms with Gasteiger partial charge in [0.25, 0.3) is 0 Å². The molecule has 5 rings (SSSR count). The minimum absolute atomic E-state index is 0.596. The van der Waals surface area contributed by atoms with E-state index >= 15 is 0 Å². The van der Waals surface area contributed by atoms with Crippen molar-refractivity contribution in [2.24, 2.45) is 0 Å². The van der Waals surface area contributed by atoms with Crippen LogP contribution in [0, 0.1) is 0 Å². The van der Waals surface area contributed by atoms with E-state index in [1.807, 2.05) is 24.3 Å². The molecule has 6 heteroatoms. The predicted octanol–water partition coefficient (Wildman–Crippen LogP) is 3.94. The number of fused-ring (bicyclic) bond motifs is 2. The summed E-state index contributed by atoms with van der Waals surface area (Å²) in [6.07, 6.45) is 0. The summed E-state index contributed by atoms with van der Waals surface area (Å²) in [5, 5.41) is 2.24. The number of anilines is 1. The van der Waals surface area contributed by atoms with Gasteiger partial charge in [0, 0.05) is 37.0 Å². The number of aromatic nitrogens is 1. The van der Waals surface area contributed by atoms with Gasteiger partial charge < -0.3 is 19.6 Å². The summed E-state index contributed by atoms with van der Waals surface area (Å²) in [5.41, 5.74) is 8.94. The number of rotatable bonds is 5. The molecule has 1 saturated heterocycles. The van der Waals surface area contributed by atoms with Gasteiger partial charge >= 0.3 is 0 Å². The van der Waals surface area contributed by atoms with Gasteiger partial charge in [-0.05, 0) is 47.2 Å². The van der Waals surface area contributed by atoms with Crippen LogP contribution >= 0.6 is 0 Å². The van der Waals surface area contributed by atoms with E-state index in [1.165, 1.54) is 0 Å². The van der Waals surface area contributed by atoms with Gasteiger partial charge in [0.15, 0.2) is 5.58 Å². The Balaban J connectivity index is 1.32. The Hall–Kier alpha value is -3.09. The highest BCUT2D eigenvalue weighted by Gasteiger charge is 2.11. The highest BCUT2D eigenvalue weighted by molar-refractivity contribution is 5.88. The van der Waals surface area contributed by atoms with Crippen molar-refractivity contribution in [2.75, 3.05) is 45.2 Å². The lowest BCUT2D eigenvalue weighted by atomic mass is 10.1. The monoisotopic (exact) mass is 389 g/mol. The van der Waals surface area contributed by atoms with Crippen molar-refractivity contribution >= 4 is 27.6 Å². The second-order valence-corrected chi connectivity index (χ2v) is 7.27. The SMILES string of the molecule is Nc1ccc2nc(-c3ccc4cc(OCCN5CCOCC5)ccc4c3)oc2c1. The van der Waals surface area contributed by atoms with E-state index in [0.29, 0.717) is 23.8 Å². The second kappa shape index (κ2) is 7.73. The first-order valence-electron chi connectivity index (χ1n) is 9.88. The van der Waals surface area contributed by atoms with Crippen LogP contribution in [-0.4, -0.2) is 49.3 Å². The van der Waals surface area contributed by atoms with Gasteiger partial charge in [0.2, 0.25) is 5.89 Å². The standard InChI is InChI=1S/C23H23N3O3/c24-19-4-6-21-22(15-19)29-23(25-21)18-2-1-17-14-20(5-3-16(17)13-18)28-12-9-26-7-10-27-11-8-26/h1-6,13-15H,7-12,24H2. The van der Waals surface area contributed by atoms with Crippen LogP contribution in [0.25, 0.3) is 33.3 Å². The summed E-state index contributed by atoms with van der Waals surface area (Å²) in [5.74, 6) is 1.48. The van der Waals surface area contributed by atoms with Gasteiger partial charge in [0.1, 0.15) is 17.9 Å². The molecule has 6 nitrogen and oxygen atoms in total. The number of ether oxygens (including phenoxy) is 2. The highest BCUT2D eigenvalue weighted by atomic mass is 16.5. The molecule has 1 fully saturated rings. The Morgan fingerprint density at radius 3 is 2.69 bits per heavy atom. The molecule has 29 heavy (non-hydrogen) atoms. The second-order valence-electron chi connectivity index (χ2n) is 7.27. The zero-order valence-electron chi connectivity index (χ0n) is 16.1. The fraction of sp³-hybridized carbons (Fsp3) is 0.261. The first-order chi connectivity index (χ1) is 14.2. The maximum Gasteiger partial charge on any atom is 0.227 e. The number of nitrogens with zero attached hydrogens (tertiary/aromatic N) is 2. The number of nitrogen functional groups attached to an aromatic ring is 1. The zero-order valence-corrected chi connectivity index (χ0v) is 16.1. The van der Waals surface area contributed by atoms with E-state index in [-0.39, 0.29) is 0 Å². The van der Waals surface area contributed by atoms with Crippen LogP contribution in [0.2, 0.25) is 0 Å². The molecular formula is C23H23N3O3. The van der Waals surface area contributed by atoms with Crippen LogP contribution in [-0.2, 0) is 4.74 Å². The van der Waals surface area contributed by atoms with E-state index in [0.717, 1.165) is 60.5 Å². The summed E-state index contributed by atoms with van der Waals surface area (Å²) in [6, 6.07) is 17.8. The molecule has 3 aromatic carbocycles. The third kappa shape index (κ3) is 3.90. The number of benzene rings is 3. The average molecular weight is 389 g/mol. The van der Waals surface area contributed by atoms with E-state index in [9.17, 15) is 0 Å². The zero-order chi connectivity index (χ0) is 19.6. The van der Waals surface area contributed by atoms with Crippen LogP contribution in [0.3, 0.4) is 0 Å². The summed E-state index contributed by atoms with van der Waals surface area (Å²) in [4.78, 5) is 6.94. The lowest BCUT2D eigenvalue weighted by Crippen LogP contribution is -2.38. The molecule has 0 radical (unpaired) electrons. The van der Waals surface area contributed by atoms with E-state index in [1.54, 1.807) is 6.07 Å². The maximum absolute atomic E-state index is 5.96. The van der Waals surface area contributed by atoms with Gasteiger partial charge in [-0.2, -0.15) is 0 Å². The van der Waals surface area contributed by atoms with Crippen molar-refractivity contribution in [1.82, 2.24) is 9.88 Å². The first-order valence-corrected chi connectivity index (χ1v) is 9.88. The Bertz CT molecular complexity index is 1150. The van der Waals surface area contributed by atoms with Crippen molar-refractivity contribution in [3.8, 4) is 17.2 Å². The molecule has 1 aliphatic rings. The minimum Gasteiger partial charge on any atom is -0.492 e. The molecule has 0 saturated carbocycles. The molecule has 0 atom stereocenters. The Kier molecular flexibility index (Phi) is 4.79. The van der Waals surface area contributed by atoms with Crippen molar-refractivity contribution in [3.63, 3.8) is 0 Å². The normalized spacial score (nSPS) is 15.2. The Morgan fingerprint density at radius 2 is 1.79 bits per heavy atom. The van der Waals surface area contributed by atoms with E-state index in [4.69, 9.17) is 19.6 Å². The molecule has 1 aliphatic heterocycles. The minimum atomic E-state index is 0.596. The molecule has 1 aromatic heterocycles. The van der Waals surface area contributed by atoms with Crippen molar-refractivity contribution in [1.29, 1.82) is 0 Å². The fourth-order valence-corrected chi connectivity index (χ4v) is 3.63. The maximum atomic E-state index is 5.96. The molecule has 2 N–H and O–H groups in total. The van der Waals surface area contributed by atoms with Crippen molar-refractivity contribution in [3.05, 3.63) is 54.6 Å². The lowest BCUT2D eigenvalue weighted by molar-refractivity contribution is 0.0322. The van der Waals surface area contributed by atoms with E-state index < -0.39 is 0 Å². The molecule has 0 spiro atoms. The molecular weight excluding hydrogens is 366 g/mol. The topological polar surface area (TPSA) is 73.8 Å². The summed E-state index contributed by atoms with van der Waals surface area (Å²) in [7, 11) is 0. The van der Waals surface area contributed by atoms with E-state index in [2.05, 4.69) is 34.1 Å². The fourth-order valence-electron chi connectivity index (χ4n) is 3.63. The van der Waals surface area contributed by atoms with Crippen LogP contribution in [0.1, 0.15) is 0 Å². The molecule has 0 unspecified atom stereocenters. The van der Waals surface area contributed by atoms with Crippen molar-refractivity contribution < 1.29 is 13.9 Å².